The summed E-state index contributed by atoms with van der Waals surface area (Å²) < 4.78 is 0. The fraction of sp³-hybridized carbons (Fsp3) is 0.188. The summed E-state index contributed by atoms with van der Waals surface area (Å²) in [6.45, 7) is 0.289. The molecular formula is C16H17N3O3. The Bertz CT molecular complexity index is 617. The number of nitrogens with zero attached hydrogens (tertiary/aromatic N) is 1. The van der Waals surface area contributed by atoms with Gasteiger partial charge >= 0.3 is 12.0 Å². The Morgan fingerprint density at radius 2 is 1.82 bits per heavy atom. The highest BCUT2D eigenvalue weighted by Gasteiger charge is 2.20. The van der Waals surface area contributed by atoms with Crippen LogP contribution in [0.3, 0.4) is 0 Å². The molecule has 0 spiro atoms. The molecule has 1 unspecified atom stereocenters. The van der Waals surface area contributed by atoms with Gasteiger partial charge in [-0.15, -0.1) is 0 Å². The number of rotatable bonds is 6. The number of carbonyl (C=O) groups is 2. The highest BCUT2D eigenvalue weighted by atomic mass is 16.4. The Morgan fingerprint density at radius 3 is 2.45 bits per heavy atom. The molecule has 2 amide bonds. The lowest BCUT2D eigenvalue weighted by Gasteiger charge is -2.15. The van der Waals surface area contributed by atoms with E-state index in [1.807, 2.05) is 36.4 Å². The van der Waals surface area contributed by atoms with Crippen LogP contribution in [0.2, 0.25) is 0 Å². The van der Waals surface area contributed by atoms with Crippen molar-refractivity contribution in [3.8, 4) is 0 Å². The van der Waals surface area contributed by atoms with Crippen LogP contribution in [0, 0.1) is 0 Å². The minimum absolute atomic E-state index is 0.233. The van der Waals surface area contributed by atoms with Crippen molar-refractivity contribution in [3.05, 3.63) is 66.0 Å². The Balaban J connectivity index is 1.88. The summed E-state index contributed by atoms with van der Waals surface area (Å²) in [6.07, 6.45) is 3.51. The number of aromatic nitrogens is 1. The molecule has 0 saturated carbocycles. The lowest BCUT2D eigenvalue weighted by atomic mass is 10.1. The minimum atomic E-state index is -1.07. The molecule has 0 radical (unpaired) electrons. The third-order valence-electron chi connectivity index (χ3n) is 3.06. The molecule has 0 aliphatic heterocycles. The summed E-state index contributed by atoms with van der Waals surface area (Å²) in [7, 11) is 0. The van der Waals surface area contributed by atoms with E-state index in [0.29, 0.717) is 0 Å². The third-order valence-corrected chi connectivity index (χ3v) is 3.06. The van der Waals surface area contributed by atoms with Crippen molar-refractivity contribution in [1.29, 1.82) is 0 Å². The van der Waals surface area contributed by atoms with Gasteiger partial charge in [-0.25, -0.2) is 9.59 Å². The third kappa shape index (κ3) is 4.90. The van der Waals surface area contributed by atoms with Crippen LogP contribution in [-0.4, -0.2) is 28.1 Å². The van der Waals surface area contributed by atoms with Gasteiger partial charge in [0.1, 0.15) is 6.04 Å². The van der Waals surface area contributed by atoms with Crippen LogP contribution in [0.1, 0.15) is 11.1 Å². The molecule has 1 atom stereocenters. The zero-order chi connectivity index (χ0) is 15.8. The topological polar surface area (TPSA) is 91.3 Å². The first-order chi connectivity index (χ1) is 10.6. The fourth-order valence-electron chi connectivity index (χ4n) is 1.94. The van der Waals surface area contributed by atoms with E-state index in [1.165, 1.54) is 0 Å². The molecule has 0 bridgehead atoms. The quantitative estimate of drug-likeness (QED) is 0.755. The first-order valence-corrected chi connectivity index (χ1v) is 6.85. The molecule has 114 valence electrons. The average molecular weight is 299 g/mol. The molecule has 0 aliphatic rings. The van der Waals surface area contributed by atoms with E-state index in [0.717, 1.165) is 11.1 Å². The molecule has 3 N–H and O–H groups in total. The second kappa shape index (κ2) is 7.78. The van der Waals surface area contributed by atoms with Crippen LogP contribution in [0.4, 0.5) is 4.79 Å². The van der Waals surface area contributed by atoms with Gasteiger partial charge in [0, 0.05) is 25.4 Å². The van der Waals surface area contributed by atoms with E-state index in [-0.39, 0.29) is 13.0 Å². The molecule has 2 rings (SSSR count). The smallest absolute Gasteiger partial charge is 0.326 e. The van der Waals surface area contributed by atoms with Crippen LogP contribution >= 0.6 is 0 Å². The zero-order valence-electron chi connectivity index (χ0n) is 11.9. The Kier molecular flexibility index (Phi) is 5.48. The fourth-order valence-corrected chi connectivity index (χ4v) is 1.94. The highest BCUT2D eigenvalue weighted by molar-refractivity contribution is 5.82. The molecule has 1 aromatic carbocycles. The molecule has 6 heteroatoms. The maximum absolute atomic E-state index is 11.8. The van der Waals surface area contributed by atoms with E-state index < -0.39 is 18.0 Å². The molecule has 6 nitrogen and oxygen atoms in total. The summed E-state index contributed by atoms with van der Waals surface area (Å²) in [5.74, 6) is -1.07. The van der Waals surface area contributed by atoms with Gasteiger partial charge in [-0.1, -0.05) is 36.4 Å². The molecular weight excluding hydrogens is 282 g/mol. The second-order valence-corrected chi connectivity index (χ2v) is 4.77. The summed E-state index contributed by atoms with van der Waals surface area (Å²) in [5, 5.41) is 14.3. The van der Waals surface area contributed by atoms with Gasteiger partial charge in [0.2, 0.25) is 0 Å². The van der Waals surface area contributed by atoms with Crippen LogP contribution < -0.4 is 10.6 Å². The second-order valence-electron chi connectivity index (χ2n) is 4.77. The number of hydrogen-bond donors (Lipinski definition) is 3. The number of carboxylic acid groups (broad SMARTS) is 1. The Hall–Kier alpha value is -2.89. The maximum atomic E-state index is 11.8. The predicted molar refractivity (Wildman–Crippen MR) is 81.2 cm³/mol. The van der Waals surface area contributed by atoms with Gasteiger partial charge in [0.25, 0.3) is 0 Å². The first-order valence-electron chi connectivity index (χ1n) is 6.85. The summed E-state index contributed by atoms with van der Waals surface area (Å²) in [5.41, 5.74) is 1.69. The number of hydrogen-bond acceptors (Lipinski definition) is 3. The van der Waals surface area contributed by atoms with Crippen LogP contribution in [0.15, 0.2) is 54.9 Å². The largest absolute Gasteiger partial charge is 0.480 e. The van der Waals surface area contributed by atoms with Crippen LogP contribution in [-0.2, 0) is 17.8 Å². The highest BCUT2D eigenvalue weighted by Crippen LogP contribution is 2.03. The van der Waals surface area contributed by atoms with Gasteiger partial charge in [-0.05, 0) is 17.2 Å². The monoisotopic (exact) mass is 299 g/mol. The molecule has 2 aromatic rings. The standard InChI is InChI=1S/C16H17N3O3/c20-15(21)14(9-12-5-2-1-3-6-12)19-16(22)18-11-13-7-4-8-17-10-13/h1-8,10,14H,9,11H2,(H,20,21)(H2,18,19,22). The van der Waals surface area contributed by atoms with Gasteiger partial charge < -0.3 is 15.7 Å². The summed E-state index contributed by atoms with van der Waals surface area (Å²) in [4.78, 5) is 27.0. The normalized spacial score (nSPS) is 11.5. The number of carbonyl (C=O) groups excluding carboxylic acids is 1. The van der Waals surface area contributed by atoms with Gasteiger partial charge in [0.15, 0.2) is 0 Å². The lowest BCUT2D eigenvalue weighted by Crippen LogP contribution is -2.46. The number of pyridine rings is 1. The first kappa shape index (κ1) is 15.5. The van der Waals surface area contributed by atoms with E-state index in [2.05, 4.69) is 15.6 Å². The van der Waals surface area contributed by atoms with E-state index in [9.17, 15) is 14.7 Å². The summed E-state index contributed by atoms with van der Waals surface area (Å²) >= 11 is 0. The average Bonchev–Trinajstić information content (AvgIpc) is 2.54. The van der Waals surface area contributed by atoms with Gasteiger partial charge in [-0.3, -0.25) is 4.98 Å². The van der Waals surface area contributed by atoms with Crippen LogP contribution in [0.25, 0.3) is 0 Å². The number of urea groups is 1. The van der Waals surface area contributed by atoms with Crippen molar-refractivity contribution < 1.29 is 14.7 Å². The lowest BCUT2D eigenvalue weighted by molar-refractivity contribution is -0.139. The number of benzene rings is 1. The van der Waals surface area contributed by atoms with E-state index >= 15 is 0 Å². The molecule has 0 fully saturated rings. The Morgan fingerprint density at radius 1 is 1.09 bits per heavy atom. The molecule has 22 heavy (non-hydrogen) atoms. The SMILES string of the molecule is O=C(NCc1cccnc1)NC(Cc1ccccc1)C(=O)O. The van der Waals surface area contributed by atoms with Crippen molar-refractivity contribution in [3.63, 3.8) is 0 Å². The van der Waals surface area contributed by atoms with Crippen molar-refractivity contribution >= 4 is 12.0 Å². The van der Waals surface area contributed by atoms with Crippen LogP contribution in [0.5, 0.6) is 0 Å². The minimum Gasteiger partial charge on any atom is -0.480 e. The zero-order valence-corrected chi connectivity index (χ0v) is 11.9. The van der Waals surface area contributed by atoms with Crippen molar-refractivity contribution in [2.75, 3.05) is 0 Å². The molecule has 1 aromatic heterocycles. The summed E-state index contributed by atoms with van der Waals surface area (Å²) in [6, 6.07) is 11.3. The van der Waals surface area contributed by atoms with Gasteiger partial charge in [0.05, 0.1) is 0 Å². The van der Waals surface area contributed by atoms with E-state index in [1.54, 1.807) is 18.5 Å². The van der Waals surface area contributed by atoms with Crippen molar-refractivity contribution in [2.45, 2.75) is 19.0 Å². The molecule has 0 saturated heterocycles. The maximum Gasteiger partial charge on any atom is 0.326 e. The number of amides is 2. The molecule has 0 aliphatic carbocycles. The number of nitrogens with one attached hydrogen (secondary N) is 2. The van der Waals surface area contributed by atoms with E-state index in [4.69, 9.17) is 0 Å². The number of aliphatic carboxylic acids is 1. The number of carboxylic acids is 1. The predicted octanol–water partition coefficient (Wildman–Crippen LogP) is 1.58. The van der Waals surface area contributed by atoms with Gasteiger partial charge in [-0.2, -0.15) is 0 Å². The molecule has 1 heterocycles. The van der Waals surface area contributed by atoms with Crippen molar-refractivity contribution in [1.82, 2.24) is 15.6 Å². The Labute approximate surface area is 128 Å². The van der Waals surface area contributed by atoms with Crippen molar-refractivity contribution in [2.24, 2.45) is 0 Å².